The summed E-state index contributed by atoms with van der Waals surface area (Å²) in [6.45, 7) is 3.70. The number of fused-ring (bicyclic) bond motifs is 1. The van der Waals surface area contributed by atoms with E-state index in [1.165, 1.54) is 22.3 Å². The van der Waals surface area contributed by atoms with E-state index in [0.717, 1.165) is 5.56 Å². The average molecular weight is 588 g/mol. The fraction of sp³-hybridized carbons (Fsp3) is 0.346. The van der Waals surface area contributed by atoms with Gasteiger partial charge in [0.25, 0.3) is 5.56 Å². The van der Waals surface area contributed by atoms with Crippen LogP contribution in [0.25, 0.3) is 28.3 Å². The molecule has 0 bridgehead atoms. The molecule has 218 valence electrons. The van der Waals surface area contributed by atoms with Gasteiger partial charge in [0, 0.05) is 18.5 Å². The van der Waals surface area contributed by atoms with E-state index in [4.69, 9.17) is 4.74 Å². The molecular formula is C26H38B11N5O3. The Morgan fingerprint density at radius 2 is 1.36 bits per heavy atom. The monoisotopic (exact) mass is 589 g/mol. The molecule has 1 aliphatic rings. The van der Waals surface area contributed by atoms with Gasteiger partial charge in [0.2, 0.25) is 0 Å². The van der Waals surface area contributed by atoms with Gasteiger partial charge in [-0.25, -0.2) is 4.79 Å². The predicted octanol–water partition coefficient (Wildman–Crippen LogP) is -6.61. The molecule has 1 aliphatic carbocycles. The molecule has 1 fully saturated rings. The average Bonchev–Trinajstić information content (AvgIpc) is 3.36. The molecule has 0 atom stereocenters. The summed E-state index contributed by atoms with van der Waals surface area (Å²) in [5.74, 6) is -0.585. The minimum Gasteiger partial charge on any atom is -0.462 e. The van der Waals surface area contributed by atoms with Crippen LogP contribution in [0.5, 0.6) is 0 Å². The van der Waals surface area contributed by atoms with Crippen LogP contribution in [0.2, 0.25) is 26.1 Å². The number of ether oxygens (including phenoxy) is 1. The number of esters is 1. The lowest BCUT2D eigenvalue weighted by Crippen LogP contribution is -2.70. The second-order valence-electron chi connectivity index (χ2n) is 15.5. The summed E-state index contributed by atoms with van der Waals surface area (Å²) in [7, 11) is 26.7. The molecule has 1 N–H and O–H groups in total. The van der Waals surface area contributed by atoms with Crippen LogP contribution < -0.4 is 5.56 Å². The first kappa shape index (κ1) is 33.3. The van der Waals surface area contributed by atoms with Gasteiger partial charge in [0.05, 0.1) is 96.5 Å². The highest BCUT2D eigenvalue weighted by atomic mass is 16.5. The van der Waals surface area contributed by atoms with Crippen molar-refractivity contribution in [3.05, 3.63) is 69.9 Å². The molecule has 0 spiro atoms. The van der Waals surface area contributed by atoms with E-state index >= 15 is 0 Å². The van der Waals surface area contributed by atoms with Crippen molar-refractivity contribution in [1.82, 2.24) is 24.6 Å². The van der Waals surface area contributed by atoms with Gasteiger partial charge in [-0.3, -0.25) is 14.8 Å². The largest absolute Gasteiger partial charge is 0.462 e. The lowest BCUT2D eigenvalue weighted by atomic mass is 8.96. The van der Waals surface area contributed by atoms with Crippen molar-refractivity contribution in [3.63, 3.8) is 0 Å². The van der Waals surface area contributed by atoms with Crippen LogP contribution in [0, 0.1) is 6.92 Å². The van der Waals surface area contributed by atoms with Crippen molar-refractivity contribution >= 4 is 97.9 Å². The van der Waals surface area contributed by atoms with E-state index in [1.807, 2.05) is 0 Å². The summed E-state index contributed by atoms with van der Waals surface area (Å²) in [6.07, 6.45) is 3.11. The minimum absolute atomic E-state index is 0.00735. The lowest BCUT2D eigenvalue weighted by Gasteiger charge is -2.80. The smallest absolute Gasteiger partial charge is 0.344 e. The molecule has 0 unspecified atom stereocenters. The molecular weight excluding hydrogens is 549 g/mol. The molecule has 19 heteroatoms. The van der Waals surface area contributed by atoms with E-state index in [2.05, 4.69) is 131 Å². The molecule has 1 saturated carbocycles. The quantitative estimate of drug-likeness (QED) is 0.184. The number of hydrogen-bond acceptors (Lipinski definition) is 6. The van der Waals surface area contributed by atoms with Crippen molar-refractivity contribution in [2.24, 2.45) is 0 Å². The van der Waals surface area contributed by atoms with Gasteiger partial charge in [-0.1, -0.05) is 45.6 Å². The van der Waals surface area contributed by atoms with Crippen LogP contribution in [0.3, 0.4) is 0 Å². The maximum absolute atomic E-state index is 13.5. The highest BCUT2D eigenvalue weighted by Gasteiger charge is 2.71. The highest BCUT2D eigenvalue weighted by molar-refractivity contribution is 6.72. The Morgan fingerprint density at radius 3 is 1.89 bits per heavy atom. The summed E-state index contributed by atoms with van der Waals surface area (Å²) in [5.41, 5.74) is 3.99. The molecule has 8 nitrogen and oxygen atoms in total. The third-order valence-corrected chi connectivity index (χ3v) is 13.7. The molecule has 0 saturated heterocycles. The number of benzene rings is 1. The zero-order valence-electron chi connectivity index (χ0n) is 29.3. The molecule has 0 amide bonds. The van der Waals surface area contributed by atoms with Gasteiger partial charge in [-0.05, 0) is 19.4 Å². The zero-order valence-corrected chi connectivity index (χ0v) is 29.3. The van der Waals surface area contributed by atoms with E-state index in [9.17, 15) is 9.59 Å². The number of carbonyl (C=O) groups excluding carboxylic acids is 1. The third kappa shape index (κ3) is 4.24. The number of aryl methyl sites for hydroxylation is 1. The summed E-state index contributed by atoms with van der Waals surface area (Å²) in [5, 5.41) is 4.25. The number of rotatable bonds is 5. The maximum Gasteiger partial charge on any atom is 0.344 e. The Morgan fingerprint density at radius 1 is 0.822 bits per heavy atom. The predicted molar refractivity (Wildman–Crippen MR) is 212 cm³/mol. The molecule has 45 heavy (non-hydrogen) atoms. The summed E-state index contributed by atoms with van der Waals surface area (Å²) in [4.78, 5) is 38.8. The van der Waals surface area contributed by atoms with Crippen LogP contribution in [-0.2, 0) is 10.1 Å². The second-order valence-corrected chi connectivity index (χ2v) is 15.5. The Kier molecular flexibility index (Phi) is 7.74. The highest BCUT2D eigenvalue weighted by Crippen LogP contribution is 2.83. The molecule has 1 aromatic carbocycles. The number of aromatic amines is 1. The molecule has 4 aromatic rings. The number of hydrogen-bond donors (Lipinski definition) is 1. The van der Waals surface area contributed by atoms with Gasteiger partial charge in [-0.15, -0.1) is 15.6 Å². The first-order valence-corrected chi connectivity index (χ1v) is 15.9. The van der Waals surface area contributed by atoms with Crippen molar-refractivity contribution in [2.45, 2.75) is 45.2 Å². The van der Waals surface area contributed by atoms with Crippen molar-refractivity contribution < 1.29 is 9.53 Å². The number of carbonyl (C=O) groups is 1. The first-order valence-electron chi connectivity index (χ1n) is 15.9. The SMILES string of the molecule is BC1(B)C(B)(B)C(B)(B)C(B)(c2ccc(-c3cc(=O)n4nc(-c5nccnc5C)c(C(=O)OCC)c4[nH]3)cc2)C(B)(B)C1(B)B. The Hall–Kier alpha value is -3.10. The first-order chi connectivity index (χ1) is 20.7. The van der Waals surface area contributed by atoms with Crippen molar-refractivity contribution in [1.29, 1.82) is 0 Å². The van der Waals surface area contributed by atoms with Crippen LogP contribution in [0.1, 0.15) is 28.5 Å². The molecule has 3 heterocycles. The van der Waals surface area contributed by atoms with Crippen molar-refractivity contribution in [2.75, 3.05) is 6.61 Å². The fourth-order valence-electron chi connectivity index (χ4n) is 8.48. The van der Waals surface area contributed by atoms with Gasteiger partial charge in [0.15, 0.2) is 5.65 Å². The molecule has 5 rings (SSSR count). The van der Waals surface area contributed by atoms with Crippen LogP contribution in [0.15, 0.2) is 47.5 Å². The van der Waals surface area contributed by atoms with E-state index < -0.39 is 5.97 Å². The normalized spacial score (nSPS) is 20.3. The van der Waals surface area contributed by atoms with Crippen LogP contribution in [0.4, 0.5) is 0 Å². The van der Waals surface area contributed by atoms with Gasteiger partial charge < -0.3 is 9.72 Å². The summed E-state index contributed by atoms with van der Waals surface area (Å²) < 4.78 is 6.60. The fourth-order valence-corrected chi connectivity index (χ4v) is 8.48. The van der Waals surface area contributed by atoms with Crippen LogP contribution in [-0.4, -0.2) is 123 Å². The van der Waals surface area contributed by atoms with E-state index in [-0.39, 0.29) is 60.5 Å². The number of nitrogens with zero attached hydrogens (tertiary/aromatic N) is 4. The van der Waals surface area contributed by atoms with Gasteiger partial charge in [0.1, 0.15) is 24.8 Å². The Labute approximate surface area is 275 Å². The zero-order chi connectivity index (χ0) is 33.5. The van der Waals surface area contributed by atoms with E-state index in [0.29, 0.717) is 17.1 Å². The summed E-state index contributed by atoms with van der Waals surface area (Å²) in [6, 6.07) is 10.1. The molecule has 0 aliphatic heterocycles. The number of H-pyrrole nitrogens is 1. The standard InChI is InChI=1S/C26H38B11N5O3/c1-3-45-20(44)16-18(17-11(2)38-8-9-39-17)41-42-15(43)10-14(40-19(16)42)12-4-6-13(7-5-12)21(27)22(28,29)24(32,33)26(36,37)25(34,35)23(21,30)31/h4-10,40H,3,27-37H2,1-2H3. The second kappa shape index (κ2) is 10.5. The van der Waals surface area contributed by atoms with Crippen LogP contribution >= 0.6 is 0 Å². The minimum atomic E-state index is -0.585. The summed E-state index contributed by atoms with van der Waals surface area (Å²) >= 11 is 0. The maximum atomic E-state index is 13.5. The number of aromatic nitrogens is 5. The third-order valence-electron chi connectivity index (χ3n) is 13.7. The van der Waals surface area contributed by atoms with E-state index in [1.54, 1.807) is 20.0 Å². The topological polar surface area (TPSA) is 102 Å². The lowest BCUT2D eigenvalue weighted by molar-refractivity contribution is 0.0529. The number of nitrogens with one attached hydrogen (secondary N) is 1. The molecule has 0 radical (unpaired) electrons. The Bertz CT molecular complexity index is 1860. The Balaban J connectivity index is 1.68. The van der Waals surface area contributed by atoms with Gasteiger partial charge >= 0.3 is 5.97 Å². The van der Waals surface area contributed by atoms with Crippen molar-refractivity contribution in [3.8, 4) is 22.6 Å². The molecule has 3 aromatic heterocycles. The van der Waals surface area contributed by atoms with Gasteiger partial charge in [-0.2, -0.15) is 9.61 Å².